The molecule has 0 amide bonds. The van der Waals surface area contributed by atoms with Crippen LogP contribution in [-0.4, -0.2) is 40.2 Å². The molecule has 0 spiro atoms. The van der Waals surface area contributed by atoms with Crippen molar-refractivity contribution in [2.75, 3.05) is 31.1 Å². The van der Waals surface area contributed by atoms with Gasteiger partial charge in [-0.2, -0.15) is 0 Å². The Kier molecular flexibility index (Phi) is 4.71. The lowest BCUT2D eigenvalue weighted by atomic mass is 10.0. The van der Waals surface area contributed by atoms with Crippen LogP contribution in [0.2, 0.25) is 0 Å². The summed E-state index contributed by atoms with van der Waals surface area (Å²) in [5, 5.41) is 0. The van der Waals surface area contributed by atoms with Crippen LogP contribution in [0.25, 0.3) is 0 Å². The van der Waals surface area contributed by atoms with Gasteiger partial charge in [0.1, 0.15) is 0 Å². The third kappa shape index (κ3) is 3.63. The van der Waals surface area contributed by atoms with E-state index in [9.17, 15) is 4.21 Å². The average Bonchev–Trinajstić information content (AvgIpc) is 2.35. The summed E-state index contributed by atoms with van der Waals surface area (Å²) in [6.07, 6.45) is 0.940. The van der Waals surface area contributed by atoms with E-state index in [1.165, 1.54) is 11.1 Å². The molecule has 3 nitrogen and oxygen atoms in total. The van der Waals surface area contributed by atoms with Crippen molar-refractivity contribution in [3.63, 3.8) is 0 Å². The molecule has 0 aromatic heterocycles. The maximum Gasteiger partial charge on any atom is 0.0363 e. The summed E-state index contributed by atoms with van der Waals surface area (Å²) in [7, 11) is -0.589. The van der Waals surface area contributed by atoms with E-state index in [4.69, 9.17) is 5.73 Å². The van der Waals surface area contributed by atoms with E-state index in [0.29, 0.717) is 6.54 Å². The Bertz CT molecular complexity index is 385. The Morgan fingerprint density at radius 3 is 2.47 bits per heavy atom. The molecule has 0 aliphatic carbocycles. The van der Waals surface area contributed by atoms with Crippen molar-refractivity contribution in [1.29, 1.82) is 0 Å². The van der Waals surface area contributed by atoms with Crippen molar-refractivity contribution >= 4 is 10.8 Å². The first kappa shape index (κ1) is 12.7. The molecular weight excluding hydrogens is 232 g/mol. The fourth-order valence-corrected chi connectivity index (χ4v) is 3.31. The van der Waals surface area contributed by atoms with Crippen LogP contribution in [0, 0.1) is 0 Å². The van der Waals surface area contributed by atoms with Gasteiger partial charge in [0.05, 0.1) is 0 Å². The van der Waals surface area contributed by atoms with Crippen LogP contribution in [0.5, 0.6) is 0 Å². The highest BCUT2D eigenvalue weighted by atomic mass is 32.2. The SMILES string of the molecule is NCCc1ccccc1CN1CCS(=O)CC1. The second kappa shape index (κ2) is 6.28. The summed E-state index contributed by atoms with van der Waals surface area (Å²) in [6, 6.07) is 8.48. The fraction of sp³-hybridized carbons (Fsp3) is 0.538. The second-order valence-corrected chi connectivity index (χ2v) is 6.13. The second-order valence-electron chi connectivity index (χ2n) is 4.43. The molecule has 1 aromatic rings. The highest BCUT2D eigenvalue weighted by molar-refractivity contribution is 7.85. The summed E-state index contributed by atoms with van der Waals surface area (Å²) in [6.45, 7) is 3.56. The largest absolute Gasteiger partial charge is 0.330 e. The van der Waals surface area contributed by atoms with Crippen molar-refractivity contribution < 1.29 is 4.21 Å². The van der Waals surface area contributed by atoms with E-state index in [1.807, 2.05) is 0 Å². The number of benzene rings is 1. The topological polar surface area (TPSA) is 46.3 Å². The third-order valence-corrected chi connectivity index (χ3v) is 4.47. The molecule has 1 fully saturated rings. The molecule has 0 radical (unpaired) electrons. The van der Waals surface area contributed by atoms with Crippen LogP contribution in [0.15, 0.2) is 24.3 Å². The molecular formula is C13H20N2OS. The molecule has 0 unspecified atom stereocenters. The fourth-order valence-electron chi connectivity index (χ4n) is 2.19. The molecule has 1 heterocycles. The smallest absolute Gasteiger partial charge is 0.0363 e. The highest BCUT2D eigenvalue weighted by Gasteiger charge is 2.15. The lowest BCUT2D eigenvalue weighted by Crippen LogP contribution is -2.37. The monoisotopic (exact) mass is 252 g/mol. The molecule has 1 aliphatic heterocycles. The van der Waals surface area contributed by atoms with Crippen molar-refractivity contribution in [3.05, 3.63) is 35.4 Å². The summed E-state index contributed by atoms with van der Waals surface area (Å²) in [5.74, 6) is 1.64. The van der Waals surface area contributed by atoms with E-state index in [1.54, 1.807) is 0 Å². The van der Waals surface area contributed by atoms with Gasteiger partial charge in [0.25, 0.3) is 0 Å². The van der Waals surface area contributed by atoms with Gasteiger partial charge in [0.15, 0.2) is 0 Å². The first-order valence-electron chi connectivity index (χ1n) is 6.14. The van der Waals surface area contributed by atoms with Gasteiger partial charge < -0.3 is 5.73 Å². The number of hydrogen-bond donors (Lipinski definition) is 1. The summed E-state index contributed by atoms with van der Waals surface area (Å²) in [5.41, 5.74) is 8.34. The zero-order valence-corrected chi connectivity index (χ0v) is 10.9. The van der Waals surface area contributed by atoms with E-state index in [0.717, 1.165) is 37.6 Å². The molecule has 1 aromatic carbocycles. The minimum absolute atomic E-state index is 0.589. The van der Waals surface area contributed by atoms with Gasteiger partial charge in [-0.15, -0.1) is 0 Å². The molecule has 1 aliphatic rings. The first-order chi connectivity index (χ1) is 8.29. The van der Waals surface area contributed by atoms with Crippen molar-refractivity contribution in [3.8, 4) is 0 Å². The predicted octanol–water partition coefficient (Wildman–Crippen LogP) is 0.752. The Morgan fingerprint density at radius 1 is 1.18 bits per heavy atom. The molecule has 2 N–H and O–H groups in total. The quantitative estimate of drug-likeness (QED) is 0.860. The normalized spacial score (nSPS) is 18.4. The molecule has 0 saturated carbocycles. The van der Waals surface area contributed by atoms with Crippen LogP contribution in [0.4, 0.5) is 0 Å². The first-order valence-corrected chi connectivity index (χ1v) is 7.62. The maximum atomic E-state index is 11.3. The van der Waals surface area contributed by atoms with Gasteiger partial charge in [-0.1, -0.05) is 24.3 Å². The Balaban J connectivity index is 2.00. The molecule has 0 atom stereocenters. The zero-order valence-electron chi connectivity index (χ0n) is 10.1. The summed E-state index contributed by atoms with van der Waals surface area (Å²) in [4.78, 5) is 2.39. The van der Waals surface area contributed by atoms with Crippen LogP contribution in [0.1, 0.15) is 11.1 Å². The molecule has 0 bridgehead atoms. The number of nitrogens with zero attached hydrogens (tertiary/aromatic N) is 1. The highest BCUT2D eigenvalue weighted by Crippen LogP contribution is 2.13. The number of rotatable bonds is 4. The van der Waals surface area contributed by atoms with E-state index in [2.05, 4.69) is 29.2 Å². The number of nitrogens with two attached hydrogens (primary N) is 1. The molecule has 4 heteroatoms. The van der Waals surface area contributed by atoms with E-state index in [-0.39, 0.29) is 0 Å². The lowest BCUT2D eigenvalue weighted by molar-refractivity contribution is 0.290. The van der Waals surface area contributed by atoms with Crippen molar-refractivity contribution in [2.45, 2.75) is 13.0 Å². The lowest BCUT2D eigenvalue weighted by Gasteiger charge is -2.27. The zero-order chi connectivity index (χ0) is 12.1. The standard InChI is InChI=1S/C13H20N2OS/c14-6-5-12-3-1-2-4-13(12)11-15-7-9-17(16)10-8-15/h1-4H,5-11,14H2. The summed E-state index contributed by atoms with van der Waals surface area (Å²) >= 11 is 0. The van der Waals surface area contributed by atoms with Crippen LogP contribution in [-0.2, 0) is 23.8 Å². The molecule has 94 valence electrons. The van der Waals surface area contributed by atoms with Crippen molar-refractivity contribution in [2.24, 2.45) is 5.73 Å². The average molecular weight is 252 g/mol. The van der Waals surface area contributed by atoms with Gasteiger partial charge in [0.2, 0.25) is 0 Å². The molecule has 1 saturated heterocycles. The van der Waals surface area contributed by atoms with Gasteiger partial charge in [-0.3, -0.25) is 9.11 Å². The minimum Gasteiger partial charge on any atom is -0.330 e. The maximum absolute atomic E-state index is 11.3. The predicted molar refractivity (Wildman–Crippen MR) is 72.4 cm³/mol. The Hall–Kier alpha value is -0.710. The van der Waals surface area contributed by atoms with Crippen molar-refractivity contribution in [1.82, 2.24) is 4.90 Å². The van der Waals surface area contributed by atoms with Gasteiger partial charge in [0, 0.05) is 41.9 Å². The van der Waals surface area contributed by atoms with Crippen LogP contribution >= 0.6 is 0 Å². The van der Waals surface area contributed by atoms with Gasteiger partial charge in [-0.05, 0) is 24.1 Å². The molecule has 17 heavy (non-hydrogen) atoms. The number of hydrogen-bond acceptors (Lipinski definition) is 3. The van der Waals surface area contributed by atoms with E-state index >= 15 is 0 Å². The van der Waals surface area contributed by atoms with Crippen LogP contribution < -0.4 is 5.73 Å². The third-order valence-electron chi connectivity index (χ3n) is 3.20. The van der Waals surface area contributed by atoms with Crippen LogP contribution in [0.3, 0.4) is 0 Å². The Morgan fingerprint density at radius 2 is 1.82 bits per heavy atom. The molecule has 2 rings (SSSR count). The van der Waals surface area contributed by atoms with Gasteiger partial charge in [-0.25, -0.2) is 0 Å². The minimum atomic E-state index is -0.589. The summed E-state index contributed by atoms with van der Waals surface area (Å²) < 4.78 is 11.3. The van der Waals surface area contributed by atoms with E-state index < -0.39 is 10.8 Å². The van der Waals surface area contributed by atoms with Gasteiger partial charge >= 0.3 is 0 Å². The Labute approximate surface area is 105 Å².